The summed E-state index contributed by atoms with van der Waals surface area (Å²) in [6.45, 7) is 3.76. The Hall–Kier alpha value is -2.76. The zero-order valence-electron chi connectivity index (χ0n) is 12.5. The van der Waals surface area contributed by atoms with Gasteiger partial charge in [-0.2, -0.15) is 0 Å². The molecule has 1 amide bonds. The van der Waals surface area contributed by atoms with E-state index in [2.05, 4.69) is 15.6 Å². The van der Waals surface area contributed by atoms with Crippen molar-refractivity contribution in [3.05, 3.63) is 59.5 Å². The van der Waals surface area contributed by atoms with Gasteiger partial charge in [-0.25, -0.2) is 4.99 Å². The van der Waals surface area contributed by atoms with Crippen LogP contribution in [0.5, 0.6) is 0 Å². The van der Waals surface area contributed by atoms with Crippen LogP contribution in [0.15, 0.2) is 51.9 Å². The number of aliphatic imine (C=N–C) groups is 1. The highest BCUT2D eigenvalue weighted by molar-refractivity contribution is 5.89. The summed E-state index contributed by atoms with van der Waals surface area (Å²) in [6, 6.07) is 13.3. The molecule has 0 bridgehead atoms. The number of guanidine groups is 1. The molecule has 0 aliphatic rings. The van der Waals surface area contributed by atoms with E-state index in [0.29, 0.717) is 24.8 Å². The topological polar surface area (TPSA) is 92.6 Å². The van der Waals surface area contributed by atoms with Crippen LogP contribution in [0.25, 0.3) is 0 Å². The lowest BCUT2D eigenvalue weighted by molar-refractivity contribution is 0.0972. The molecule has 0 fully saturated rings. The number of amides is 1. The highest BCUT2D eigenvalue weighted by Gasteiger charge is 2.07. The predicted octanol–water partition coefficient (Wildman–Crippen LogP) is 1.63. The molecule has 0 aliphatic carbocycles. The van der Waals surface area contributed by atoms with Crippen molar-refractivity contribution in [2.45, 2.75) is 20.0 Å². The summed E-state index contributed by atoms with van der Waals surface area (Å²) in [7, 11) is 0. The number of benzene rings is 1. The molecule has 0 aliphatic heterocycles. The number of nitrogens with two attached hydrogens (primary N) is 1. The molecule has 0 saturated carbocycles. The van der Waals surface area contributed by atoms with E-state index in [4.69, 9.17) is 10.2 Å². The number of hydrogen-bond acceptors (Lipinski definition) is 3. The third kappa shape index (κ3) is 4.66. The summed E-state index contributed by atoms with van der Waals surface area (Å²) in [5.41, 5.74) is 6.29. The monoisotopic (exact) mass is 300 g/mol. The van der Waals surface area contributed by atoms with Gasteiger partial charge in [0.25, 0.3) is 5.91 Å². The molecule has 4 N–H and O–H groups in total. The second-order valence-corrected chi connectivity index (χ2v) is 4.66. The Bertz CT molecular complexity index is 635. The van der Waals surface area contributed by atoms with E-state index in [1.807, 2.05) is 37.3 Å². The minimum absolute atomic E-state index is 0.156. The van der Waals surface area contributed by atoms with Gasteiger partial charge in [0.2, 0.25) is 0 Å². The van der Waals surface area contributed by atoms with Crippen molar-refractivity contribution in [3.8, 4) is 0 Å². The molecule has 116 valence electrons. The molecule has 0 radical (unpaired) electrons. The van der Waals surface area contributed by atoms with Gasteiger partial charge in [0, 0.05) is 6.54 Å². The van der Waals surface area contributed by atoms with Crippen molar-refractivity contribution in [3.63, 3.8) is 0 Å². The smallest absolute Gasteiger partial charge is 0.284 e. The zero-order valence-corrected chi connectivity index (χ0v) is 12.5. The van der Waals surface area contributed by atoms with Gasteiger partial charge >= 0.3 is 0 Å². The van der Waals surface area contributed by atoms with Crippen molar-refractivity contribution in [2.24, 2.45) is 10.7 Å². The molecule has 0 saturated heterocycles. The lowest BCUT2D eigenvalue weighted by atomic mass is 10.2. The van der Waals surface area contributed by atoms with E-state index in [1.165, 1.54) is 0 Å². The quantitative estimate of drug-likeness (QED) is 0.558. The minimum Gasteiger partial charge on any atom is -0.454 e. The number of nitrogens with one attached hydrogen (secondary N) is 2. The van der Waals surface area contributed by atoms with E-state index >= 15 is 0 Å². The van der Waals surface area contributed by atoms with Crippen LogP contribution < -0.4 is 16.4 Å². The zero-order chi connectivity index (χ0) is 15.8. The first-order valence-electron chi connectivity index (χ1n) is 7.13. The largest absolute Gasteiger partial charge is 0.454 e. The maximum atomic E-state index is 11.0. The summed E-state index contributed by atoms with van der Waals surface area (Å²) in [4.78, 5) is 15.5. The molecular weight excluding hydrogens is 280 g/mol. The fraction of sp³-hybridized carbons (Fsp3) is 0.250. The van der Waals surface area contributed by atoms with Gasteiger partial charge in [-0.15, -0.1) is 0 Å². The SMILES string of the molecule is CCNC(=NCc1ccccc1)NCc1ccc(C(N)=O)o1. The number of primary amides is 1. The van der Waals surface area contributed by atoms with Gasteiger partial charge in [0.15, 0.2) is 11.7 Å². The number of carbonyl (C=O) groups is 1. The van der Waals surface area contributed by atoms with Crippen molar-refractivity contribution in [1.29, 1.82) is 0 Å². The lowest BCUT2D eigenvalue weighted by Gasteiger charge is -2.10. The highest BCUT2D eigenvalue weighted by Crippen LogP contribution is 2.06. The Morgan fingerprint density at radius 3 is 2.59 bits per heavy atom. The van der Waals surface area contributed by atoms with Gasteiger partial charge in [-0.1, -0.05) is 30.3 Å². The first-order valence-corrected chi connectivity index (χ1v) is 7.13. The molecule has 6 heteroatoms. The molecular formula is C16H20N4O2. The molecule has 6 nitrogen and oxygen atoms in total. The number of furan rings is 1. The first kappa shape index (κ1) is 15.6. The Balaban J connectivity index is 1.94. The van der Waals surface area contributed by atoms with Crippen molar-refractivity contribution < 1.29 is 9.21 Å². The molecule has 0 spiro atoms. The van der Waals surface area contributed by atoms with Crippen molar-refractivity contribution in [2.75, 3.05) is 6.54 Å². The van der Waals surface area contributed by atoms with E-state index in [-0.39, 0.29) is 5.76 Å². The summed E-state index contributed by atoms with van der Waals surface area (Å²) < 4.78 is 5.32. The second kappa shape index (κ2) is 7.87. The lowest BCUT2D eigenvalue weighted by Crippen LogP contribution is -2.36. The average Bonchev–Trinajstić information content (AvgIpc) is 3.00. The van der Waals surface area contributed by atoms with Crippen LogP contribution in [0.2, 0.25) is 0 Å². The van der Waals surface area contributed by atoms with Crippen LogP contribution >= 0.6 is 0 Å². The Morgan fingerprint density at radius 1 is 1.18 bits per heavy atom. The molecule has 1 heterocycles. The molecule has 22 heavy (non-hydrogen) atoms. The van der Waals surface area contributed by atoms with Gasteiger partial charge < -0.3 is 20.8 Å². The number of nitrogens with zero attached hydrogens (tertiary/aromatic N) is 1. The van der Waals surface area contributed by atoms with Crippen LogP contribution in [0.1, 0.15) is 28.8 Å². The number of carbonyl (C=O) groups excluding carboxylic acids is 1. The molecule has 1 aromatic heterocycles. The third-order valence-corrected chi connectivity index (χ3v) is 2.94. The predicted molar refractivity (Wildman–Crippen MR) is 85.3 cm³/mol. The standard InChI is InChI=1S/C16H20N4O2/c1-2-18-16(19-10-12-6-4-3-5-7-12)20-11-13-8-9-14(22-13)15(17)21/h3-9H,2,10-11H2,1H3,(H2,17,21)(H2,18,19,20). The molecule has 0 unspecified atom stereocenters. The Morgan fingerprint density at radius 2 is 1.95 bits per heavy atom. The van der Waals surface area contributed by atoms with Gasteiger partial charge in [-0.3, -0.25) is 4.79 Å². The molecule has 0 atom stereocenters. The molecule has 2 aromatic rings. The highest BCUT2D eigenvalue weighted by atomic mass is 16.3. The van der Waals surface area contributed by atoms with Crippen molar-refractivity contribution in [1.82, 2.24) is 10.6 Å². The fourth-order valence-electron chi connectivity index (χ4n) is 1.87. The van der Waals surface area contributed by atoms with Crippen LogP contribution in [0.3, 0.4) is 0 Å². The maximum Gasteiger partial charge on any atom is 0.284 e. The first-order chi connectivity index (χ1) is 10.7. The van der Waals surface area contributed by atoms with Crippen LogP contribution in [0.4, 0.5) is 0 Å². The average molecular weight is 300 g/mol. The molecule has 2 rings (SSSR count). The fourth-order valence-corrected chi connectivity index (χ4v) is 1.87. The van der Waals surface area contributed by atoms with Crippen LogP contribution in [-0.2, 0) is 13.1 Å². The third-order valence-electron chi connectivity index (χ3n) is 2.94. The normalized spacial score (nSPS) is 11.2. The summed E-state index contributed by atoms with van der Waals surface area (Å²) in [5, 5.41) is 6.31. The van der Waals surface area contributed by atoms with E-state index in [1.54, 1.807) is 12.1 Å². The van der Waals surface area contributed by atoms with E-state index in [9.17, 15) is 4.79 Å². The van der Waals surface area contributed by atoms with E-state index in [0.717, 1.165) is 12.1 Å². The van der Waals surface area contributed by atoms with Crippen molar-refractivity contribution >= 4 is 11.9 Å². The number of rotatable bonds is 6. The summed E-state index contributed by atoms with van der Waals surface area (Å²) in [6.07, 6.45) is 0. The van der Waals surface area contributed by atoms with Crippen LogP contribution in [0, 0.1) is 0 Å². The van der Waals surface area contributed by atoms with Gasteiger partial charge in [-0.05, 0) is 24.6 Å². The van der Waals surface area contributed by atoms with E-state index < -0.39 is 5.91 Å². The Labute approximate surface area is 129 Å². The molecule has 1 aromatic carbocycles. The van der Waals surface area contributed by atoms with Gasteiger partial charge in [0.05, 0.1) is 13.1 Å². The number of hydrogen-bond donors (Lipinski definition) is 3. The maximum absolute atomic E-state index is 11.0. The summed E-state index contributed by atoms with van der Waals surface area (Å²) in [5.74, 6) is 0.890. The minimum atomic E-state index is -0.573. The van der Waals surface area contributed by atoms with Crippen LogP contribution in [-0.4, -0.2) is 18.4 Å². The second-order valence-electron chi connectivity index (χ2n) is 4.66. The van der Waals surface area contributed by atoms with Gasteiger partial charge in [0.1, 0.15) is 5.76 Å². The Kier molecular flexibility index (Phi) is 5.59. The summed E-state index contributed by atoms with van der Waals surface area (Å²) >= 11 is 0.